The van der Waals surface area contributed by atoms with E-state index in [9.17, 15) is 9.18 Å². The Morgan fingerprint density at radius 1 is 1.17 bits per heavy atom. The number of hydrogen-bond donors (Lipinski definition) is 1. The molecule has 1 unspecified atom stereocenters. The Labute approximate surface area is 216 Å². The summed E-state index contributed by atoms with van der Waals surface area (Å²) in [5.74, 6) is -0.350. The lowest BCUT2D eigenvalue weighted by atomic mass is 9.69. The molecule has 188 valence electrons. The van der Waals surface area contributed by atoms with Crippen molar-refractivity contribution in [2.24, 2.45) is 17.1 Å². The second kappa shape index (κ2) is 12.1. The second-order valence-corrected chi connectivity index (χ2v) is 10.9. The number of rotatable bonds is 11. The van der Waals surface area contributed by atoms with E-state index in [4.69, 9.17) is 15.5 Å². The first kappa shape index (κ1) is 27.2. The molecule has 0 amide bonds. The van der Waals surface area contributed by atoms with Crippen LogP contribution >= 0.6 is 15.9 Å². The van der Waals surface area contributed by atoms with Crippen molar-refractivity contribution in [1.82, 2.24) is 9.55 Å². The summed E-state index contributed by atoms with van der Waals surface area (Å²) in [6.07, 6.45) is 0.773. The van der Waals surface area contributed by atoms with Gasteiger partial charge in [-0.3, -0.25) is 4.79 Å². The maximum Gasteiger partial charge on any atom is 0.162 e. The highest BCUT2D eigenvalue weighted by atomic mass is 79.9. The maximum absolute atomic E-state index is 14.7. The van der Waals surface area contributed by atoms with Gasteiger partial charge in [-0.25, -0.2) is 9.37 Å². The third kappa shape index (κ3) is 7.09. The van der Waals surface area contributed by atoms with E-state index in [-0.39, 0.29) is 36.7 Å². The molecule has 7 heteroatoms. The fraction of sp³-hybridized carbons (Fsp3) is 0.429. The van der Waals surface area contributed by atoms with Crippen LogP contribution in [0.15, 0.2) is 65.3 Å². The summed E-state index contributed by atoms with van der Waals surface area (Å²) in [6, 6.07) is 18.1. The molecule has 3 atom stereocenters. The zero-order chi connectivity index (χ0) is 25.6. The molecule has 3 aromatic rings. The van der Waals surface area contributed by atoms with E-state index >= 15 is 0 Å². The first-order chi connectivity index (χ1) is 16.6. The Bertz CT molecular complexity index is 1110. The average molecular weight is 545 g/mol. The molecule has 2 aromatic carbocycles. The van der Waals surface area contributed by atoms with Crippen molar-refractivity contribution in [3.05, 3.63) is 76.7 Å². The van der Waals surface area contributed by atoms with E-state index in [0.29, 0.717) is 6.54 Å². The second-order valence-electron chi connectivity index (χ2n) is 10.0. The van der Waals surface area contributed by atoms with E-state index < -0.39 is 12.1 Å². The zero-order valence-corrected chi connectivity index (χ0v) is 22.5. The summed E-state index contributed by atoms with van der Waals surface area (Å²) in [6.45, 7) is 6.59. The molecule has 1 aromatic heterocycles. The van der Waals surface area contributed by atoms with Crippen LogP contribution in [0.1, 0.15) is 44.5 Å². The largest absolute Gasteiger partial charge is 0.377 e. The number of imidazole rings is 1. The molecule has 5 nitrogen and oxygen atoms in total. The van der Waals surface area contributed by atoms with Gasteiger partial charge in [-0.2, -0.15) is 0 Å². The third-order valence-electron chi connectivity index (χ3n) is 6.20. The van der Waals surface area contributed by atoms with Gasteiger partial charge in [0.2, 0.25) is 0 Å². The van der Waals surface area contributed by atoms with Crippen LogP contribution in [-0.2, 0) is 16.1 Å². The van der Waals surface area contributed by atoms with Gasteiger partial charge < -0.3 is 15.0 Å². The highest BCUT2D eigenvalue weighted by Gasteiger charge is 2.41. The number of alkyl halides is 1. The van der Waals surface area contributed by atoms with Crippen molar-refractivity contribution in [2.75, 3.05) is 20.3 Å². The van der Waals surface area contributed by atoms with Crippen molar-refractivity contribution in [2.45, 2.75) is 45.8 Å². The van der Waals surface area contributed by atoms with E-state index in [1.807, 2.05) is 48.7 Å². The SMILES string of the molecule is COCC(=O)[C@H](C[C@H](F)CN)C(c1nc(-c2cccc(Br)c2)cn1Cc1ccccc1)C(C)(C)C. The minimum atomic E-state index is -1.28. The highest BCUT2D eigenvalue weighted by Crippen LogP contribution is 2.44. The Balaban J connectivity index is 2.18. The lowest BCUT2D eigenvalue weighted by Crippen LogP contribution is -2.37. The van der Waals surface area contributed by atoms with Crippen molar-refractivity contribution >= 4 is 21.7 Å². The summed E-state index contributed by atoms with van der Waals surface area (Å²) in [7, 11) is 1.48. The highest BCUT2D eigenvalue weighted by molar-refractivity contribution is 9.10. The number of hydrogen-bond acceptors (Lipinski definition) is 4. The zero-order valence-electron chi connectivity index (χ0n) is 20.9. The van der Waals surface area contributed by atoms with Crippen LogP contribution in [0.4, 0.5) is 4.39 Å². The minimum Gasteiger partial charge on any atom is -0.377 e. The summed E-state index contributed by atoms with van der Waals surface area (Å²) < 4.78 is 22.9. The topological polar surface area (TPSA) is 70.1 Å². The monoisotopic (exact) mass is 543 g/mol. The van der Waals surface area contributed by atoms with Crippen molar-refractivity contribution in [3.63, 3.8) is 0 Å². The Hall–Kier alpha value is -2.35. The summed E-state index contributed by atoms with van der Waals surface area (Å²) in [5.41, 5.74) is 8.13. The number of carbonyl (C=O) groups excluding carboxylic acids is 1. The number of halogens is 2. The van der Waals surface area contributed by atoms with Crippen LogP contribution < -0.4 is 5.73 Å². The third-order valence-corrected chi connectivity index (χ3v) is 6.70. The van der Waals surface area contributed by atoms with Gasteiger partial charge in [-0.1, -0.05) is 79.2 Å². The molecule has 0 aliphatic rings. The van der Waals surface area contributed by atoms with E-state index in [1.54, 1.807) is 0 Å². The quantitative estimate of drug-likeness (QED) is 0.321. The number of methoxy groups -OCH3 is 1. The molecule has 3 rings (SSSR count). The molecule has 0 radical (unpaired) electrons. The van der Waals surface area contributed by atoms with Crippen LogP contribution in [0.2, 0.25) is 0 Å². The van der Waals surface area contributed by atoms with Crippen LogP contribution in [0.25, 0.3) is 11.3 Å². The molecule has 0 saturated carbocycles. The van der Waals surface area contributed by atoms with Gasteiger partial charge in [0.15, 0.2) is 5.78 Å². The van der Waals surface area contributed by atoms with Crippen LogP contribution in [0.3, 0.4) is 0 Å². The number of carbonyl (C=O) groups is 1. The van der Waals surface area contributed by atoms with Crippen molar-refractivity contribution in [1.29, 1.82) is 0 Å². The number of ether oxygens (including phenoxy) is 1. The molecule has 0 aliphatic heterocycles. The molecule has 2 N–H and O–H groups in total. The average Bonchev–Trinajstić information content (AvgIpc) is 3.21. The number of nitrogens with zero attached hydrogens (tertiary/aromatic N) is 2. The molecule has 0 aliphatic carbocycles. The molecule has 35 heavy (non-hydrogen) atoms. The van der Waals surface area contributed by atoms with Crippen LogP contribution in [0, 0.1) is 11.3 Å². The van der Waals surface area contributed by atoms with E-state index in [2.05, 4.69) is 53.4 Å². The normalized spacial score (nSPS) is 14.5. The number of ketones is 1. The molecule has 0 bridgehead atoms. The molecular formula is C28H35BrFN3O2. The molecule has 1 heterocycles. The summed E-state index contributed by atoms with van der Waals surface area (Å²) in [5, 5.41) is 0. The van der Waals surface area contributed by atoms with Crippen LogP contribution in [-0.4, -0.2) is 41.8 Å². The van der Waals surface area contributed by atoms with E-state index in [1.165, 1.54) is 7.11 Å². The predicted molar refractivity (Wildman–Crippen MR) is 142 cm³/mol. The van der Waals surface area contributed by atoms with Gasteiger partial charge in [0, 0.05) is 48.3 Å². The van der Waals surface area contributed by atoms with Gasteiger partial charge in [0.1, 0.15) is 18.6 Å². The fourth-order valence-corrected chi connectivity index (χ4v) is 5.02. The first-order valence-corrected chi connectivity index (χ1v) is 12.7. The van der Waals surface area contributed by atoms with Gasteiger partial charge in [0.25, 0.3) is 0 Å². The maximum atomic E-state index is 14.7. The number of nitrogens with two attached hydrogens (primary N) is 1. The molecule has 0 fully saturated rings. The lowest BCUT2D eigenvalue weighted by molar-refractivity contribution is -0.129. The molecule has 0 spiro atoms. The number of benzene rings is 2. The first-order valence-electron chi connectivity index (χ1n) is 11.9. The van der Waals surface area contributed by atoms with Gasteiger partial charge >= 0.3 is 0 Å². The van der Waals surface area contributed by atoms with Gasteiger partial charge in [-0.05, 0) is 29.5 Å². The predicted octanol–water partition coefficient (Wildman–Crippen LogP) is 6.01. The Morgan fingerprint density at radius 3 is 2.49 bits per heavy atom. The number of aromatic nitrogens is 2. The van der Waals surface area contributed by atoms with Crippen molar-refractivity contribution in [3.8, 4) is 11.3 Å². The number of Topliss-reactive ketones (excluding diaryl/α,β-unsaturated/α-hetero) is 1. The summed E-state index contributed by atoms with van der Waals surface area (Å²) >= 11 is 3.55. The lowest BCUT2D eigenvalue weighted by Gasteiger charge is -2.37. The van der Waals surface area contributed by atoms with Crippen molar-refractivity contribution < 1.29 is 13.9 Å². The standard InChI is InChI=1S/C28H35BrFN3O2/c1-28(2,3)26(23(14-22(30)15-31)25(34)18-35-4)27-32-24(20-11-8-12-21(29)13-20)17-33(27)16-19-9-6-5-7-10-19/h5-13,17,22-23,26H,14-16,18,31H2,1-4H3/t22-,23-,26?/m0/s1. The minimum absolute atomic E-state index is 0.0328. The smallest absolute Gasteiger partial charge is 0.162 e. The van der Waals surface area contributed by atoms with Gasteiger partial charge in [-0.15, -0.1) is 0 Å². The molecular weight excluding hydrogens is 509 g/mol. The molecule has 0 saturated heterocycles. The van der Waals surface area contributed by atoms with Crippen LogP contribution in [0.5, 0.6) is 0 Å². The van der Waals surface area contributed by atoms with E-state index in [0.717, 1.165) is 27.1 Å². The Kier molecular flexibility index (Phi) is 9.39. The Morgan fingerprint density at radius 2 is 1.89 bits per heavy atom. The van der Waals surface area contributed by atoms with Gasteiger partial charge in [0.05, 0.1) is 5.69 Å². The fourth-order valence-electron chi connectivity index (χ4n) is 4.62. The summed E-state index contributed by atoms with van der Waals surface area (Å²) in [4.78, 5) is 18.3.